The average Bonchev–Trinajstić information content (AvgIpc) is 1.97. The first-order chi connectivity index (χ1) is 5.15. The summed E-state index contributed by atoms with van der Waals surface area (Å²) in [6, 6.07) is 0. The van der Waals surface area contributed by atoms with Crippen molar-refractivity contribution in [2.24, 2.45) is 11.5 Å². The first kappa shape index (κ1) is 7.74. The lowest BCUT2D eigenvalue weighted by Crippen LogP contribution is -2.33. The summed E-state index contributed by atoms with van der Waals surface area (Å²) in [6.07, 6.45) is 2.94. The molecule has 0 aromatic heterocycles. The van der Waals surface area contributed by atoms with Crippen molar-refractivity contribution in [1.82, 2.24) is 9.96 Å². The van der Waals surface area contributed by atoms with E-state index in [4.69, 9.17) is 16.7 Å². The van der Waals surface area contributed by atoms with Gasteiger partial charge in [-0.05, 0) is 6.92 Å². The van der Waals surface area contributed by atoms with E-state index in [-0.39, 0.29) is 5.82 Å². The van der Waals surface area contributed by atoms with Gasteiger partial charge in [-0.3, -0.25) is 5.21 Å². The highest BCUT2D eigenvalue weighted by Gasteiger charge is 2.11. The molecule has 0 radical (unpaired) electrons. The quantitative estimate of drug-likeness (QED) is 0.478. The van der Waals surface area contributed by atoms with Crippen molar-refractivity contribution in [2.45, 2.75) is 6.92 Å². The van der Waals surface area contributed by atoms with Gasteiger partial charge in [0.1, 0.15) is 11.6 Å². The number of hydrogen-bond acceptors (Lipinski definition) is 5. The van der Waals surface area contributed by atoms with Crippen molar-refractivity contribution in [3.05, 3.63) is 24.0 Å². The van der Waals surface area contributed by atoms with Gasteiger partial charge in [-0.15, -0.1) is 0 Å². The Kier molecular flexibility index (Phi) is 1.91. The van der Waals surface area contributed by atoms with Crippen molar-refractivity contribution in [3.8, 4) is 0 Å². The molecular formula is C6H12N4O. The number of hydrogen-bond donors (Lipinski definition) is 3. The fourth-order valence-corrected chi connectivity index (χ4v) is 0.841. The number of rotatable bonds is 1. The molecule has 0 aromatic rings. The van der Waals surface area contributed by atoms with Crippen LogP contribution in [0.25, 0.3) is 0 Å². The molecule has 1 rings (SSSR count). The number of nitrogens with zero attached hydrogens (tertiary/aromatic N) is 2. The highest BCUT2D eigenvalue weighted by atomic mass is 16.5. The van der Waals surface area contributed by atoms with Crippen LogP contribution >= 0.6 is 0 Å². The van der Waals surface area contributed by atoms with Crippen LogP contribution in [0.1, 0.15) is 6.92 Å². The molecule has 1 aliphatic rings. The average molecular weight is 156 g/mol. The lowest BCUT2D eigenvalue weighted by atomic mass is 10.4. The standard InChI is InChI=1S/C6H12N4O/c1-2-9-3-6(8)10(11)4-5(9)7/h3-4,11H,2,7-8H2,1H3. The zero-order chi connectivity index (χ0) is 8.43. The molecule has 62 valence electrons. The Labute approximate surface area is 65.1 Å². The molecule has 0 amide bonds. The summed E-state index contributed by atoms with van der Waals surface area (Å²) >= 11 is 0. The molecule has 11 heavy (non-hydrogen) atoms. The lowest BCUT2D eigenvalue weighted by molar-refractivity contribution is -0.0136. The van der Waals surface area contributed by atoms with Gasteiger partial charge in [0, 0.05) is 12.7 Å². The molecule has 0 atom stereocenters. The van der Waals surface area contributed by atoms with Crippen LogP contribution in [0, 0.1) is 0 Å². The summed E-state index contributed by atoms with van der Waals surface area (Å²) in [4.78, 5) is 1.74. The van der Waals surface area contributed by atoms with Crippen molar-refractivity contribution in [3.63, 3.8) is 0 Å². The number of hydroxylamine groups is 2. The van der Waals surface area contributed by atoms with Gasteiger partial charge in [-0.25, -0.2) is 5.06 Å². The third kappa shape index (κ3) is 1.38. The minimum absolute atomic E-state index is 0.265. The maximum atomic E-state index is 9.02. The van der Waals surface area contributed by atoms with Crippen LogP contribution in [0.5, 0.6) is 0 Å². The van der Waals surface area contributed by atoms with Gasteiger partial charge in [0.15, 0.2) is 0 Å². The molecule has 5 nitrogen and oxygen atoms in total. The van der Waals surface area contributed by atoms with Crippen LogP contribution in [-0.4, -0.2) is 21.7 Å². The summed E-state index contributed by atoms with van der Waals surface area (Å²) in [5.41, 5.74) is 10.9. The van der Waals surface area contributed by atoms with E-state index >= 15 is 0 Å². The predicted molar refractivity (Wildman–Crippen MR) is 40.5 cm³/mol. The van der Waals surface area contributed by atoms with E-state index in [0.29, 0.717) is 5.82 Å². The second kappa shape index (κ2) is 2.71. The summed E-state index contributed by atoms with van der Waals surface area (Å²) in [5.74, 6) is 0.741. The normalized spacial score (nSPS) is 18.0. The minimum atomic E-state index is 0.265. The molecule has 5 heteroatoms. The maximum Gasteiger partial charge on any atom is 0.145 e. The molecule has 0 aromatic carbocycles. The molecule has 0 bridgehead atoms. The summed E-state index contributed by atoms with van der Waals surface area (Å²) in [7, 11) is 0. The summed E-state index contributed by atoms with van der Waals surface area (Å²) in [6.45, 7) is 2.67. The minimum Gasteiger partial charge on any atom is -0.384 e. The van der Waals surface area contributed by atoms with Gasteiger partial charge in [0.2, 0.25) is 0 Å². The van der Waals surface area contributed by atoms with Crippen LogP contribution in [-0.2, 0) is 0 Å². The SMILES string of the molecule is CCN1C=C(N)N(O)C=C1N. The molecule has 0 aliphatic carbocycles. The molecule has 0 spiro atoms. The summed E-state index contributed by atoms with van der Waals surface area (Å²) in [5, 5.41) is 9.81. The van der Waals surface area contributed by atoms with E-state index in [1.165, 1.54) is 6.20 Å². The van der Waals surface area contributed by atoms with E-state index in [1.54, 1.807) is 11.1 Å². The number of nitrogens with two attached hydrogens (primary N) is 2. The fourth-order valence-electron chi connectivity index (χ4n) is 0.841. The lowest BCUT2D eigenvalue weighted by Gasteiger charge is -2.26. The highest BCUT2D eigenvalue weighted by molar-refractivity contribution is 5.11. The van der Waals surface area contributed by atoms with Gasteiger partial charge >= 0.3 is 0 Å². The second-order valence-corrected chi connectivity index (χ2v) is 2.24. The Morgan fingerprint density at radius 2 is 2.00 bits per heavy atom. The van der Waals surface area contributed by atoms with Crippen LogP contribution < -0.4 is 11.5 Å². The van der Waals surface area contributed by atoms with E-state index in [9.17, 15) is 0 Å². The fraction of sp³-hybridized carbons (Fsp3) is 0.333. The smallest absolute Gasteiger partial charge is 0.145 e. The van der Waals surface area contributed by atoms with Gasteiger partial charge in [-0.1, -0.05) is 0 Å². The van der Waals surface area contributed by atoms with Crippen LogP contribution in [0.3, 0.4) is 0 Å². The Morgan fingerprint density at radius 3 is 2.55 bits per heavy atom. The molecule has 0 saturated heterocycles. The molecule has 0 fully saturated rings. The largest absolute Gasteiger partial charge is 0.384 e. The topological polar surface area (TPSA) is 78.8 Å². The zero-order valence-electron chi connectivity index (χ0n) is 6.36. The van der Waals surface area contributed by atoms with Crippen LogP contribution in [0.4, 0.5) is 0 Å². The first-order valence-electron chi connectivity index (χ1n) is 3.34. The third-order valence-electron chi connectivity index (χ3n) is 1.48. The first-order valence-corrected chi connectivity index (χ1v) is 3.34. The van der Waals surface area contributed by atoms with E-state index in [2.05, 4.69) is 0 Å². The van der Waals surface area contributed by atoms with Crippen LogP contribution in [0.15, 0.2) is 24.0 Å². The molecular weight excluding hydrogens is 144 g/mol. The van der Waals surface area contributed by atoms with E-state index < -0.39 is 0 Å². The van der Waals surface area contributed by atoms with Crippen molar-refractivity contribution in [1.29, 1.82) is 0 Å². The van der Waals surface area contributed by atoms with Crippen molar-refractivity contribution >= 4 is 0 Å². The highest BCUT2D eigenvalue weighted by Crippen LogP contribution is 2.09. The molecule has 5 N–H and O–H groups in total. The molecule has 1 heterocycles. The predicted octanol–water partition coefficient (Wildman–Crippen LogP) is -0.472. The third-order valence-corrected chi connectivity index (χ3v) is 1.48. The second-order valence-electron chi connectivity index (χ2n) is 2.24. The van der Waals surface area contributed by atoms with Gasteiger partial charge < -0.3 is 16.4 Å². The molecule has 1 aliphatic heterocycles. The Morgan fingerprint density at radius 1 is 1.36 bits per heavy atom. The Balaban J connectivity index is 2.79. The molecule has 0 saturated carbocycles. The van der Waals surface area contributed by atoms with Gasteiger partial charge in [0.25, 0.3) is 0 Å². The summed E-state index contributed by atoms with van der Waals surface area (Å²) < 4.78 is 0. The molecule has 0 unspecified atom stereocenters. The van der Waals surface area contributed by atoms with Crippen molar-refractivity contribution < 1.29 is 5.21 Å². The van der Waals surface area contributed by atoms with E-state index in [0.717, 1.165) is 11.6 Å². The Bertz CT molecular complexity index is 211. The van der Waals surface area contributed by atoms with E-state index in [1.807, 2.05) is 6.92 Å². The zero-order valence-corrected chi connectivity index (χ0v) is 6.36. The van der Waals surface area contributed by atoms with Gasteiger partial charge in [-0.2, -0.15) is 0 Å². The van der Waals surface area contributed by atoms with Gasteiger partial charge in [0.05, 0.1) is 6.20 Å². The van der Waals surface area contributed by atoms with Crippen molar-refractivity contribution in [2.75, 3.05) is 6.54 Å². The van der Waals surface area contributed by atoms with Crippen LogP contribution in [0.2, 0.25) is 0 Å². The Hall–Kier alpha value is -1.36. The monoisotopic (exact) mass is 156 g/mol. The maximum absolute atomic E-state index is 9.02.